The lowest BCUT2D eigenvalue weighted by molar-refractivity contribution is -0.384. The third-order valence-corrected chi connectivity index (χ3v) is 6.59. The van der Waals surface area contributed by atoms with Gasteiger partial charge in [0.15, 0.2) is 6.61 Å². The quantitative estimate of drug-likeness (QED) is 0.460. The van der Waals surface area contributed by atoms with Crippen LogP contribution in [0.1, 0.15) is 26.3 Å². The van der Waals surface area contributed by atoms with Gasteiger partial charge in [-0.05, 0) is 35.2 Å². The fourth-order valence-electron chi connectivity index (χ4n) is 4.42. The predicted molar refractivity (Wildman–Crippen MR) is 136 cm³/mol. The molecule has 9 nitrogen and oxygen atoms in total. The van der Waals surface area contributed by atoms with Crippen LogP contribution in [0.4, 0.5) is 17.1 Å². The second-order valence-corrected chi connectivity index (χ2v) is 9.96. The number of benzene rings is 2. The number of morpholine rings is 1. The molecule has 2 aliphatic heterocycles. The van der Waals surface area contributed by atoms with E-state index < -0.39 is 0 Å². The number of ether oxygens (including phenoxy) is 2. The first-order chi connectivity index (χ1) is 16.7. The number of nitrogens with zero attached hydrogens (tertiary/aromatic N) is 4. The van der Waals surface area contributed by atoms with Crippen molar-refractivity contribution >= 4 is 23.0 Å². The van der Waals surface area contributed by atoms with Crippen LogP contribution in [0.3, 0.4) is 0 Å². The Morgan fingerprint density at radius 1 is 0.971 bits per heavy atom. The summed E-state index contributed by atoms with van der Waals surface area (Å²) in [5.41, 5.74) is 2.95. The molecule has 4 rings (SSSR count). The van der Waals surface area contributed by atoms with Gasteiger partial charge < -0.3 is 24.2 Å². The molecule has 0 aromatic heterocycles. The highest BCUT2D eigenvalue weighted by Crippen LogP contribution is 2.33. The maximum Gasteiger partial charge on any atom is 0.292 e. The van der Waals surface area contributed by atoms with E-state index in [1.165, 1.54) is 5.56 Å². The van der Waals surface area contributed by atoms with Crippen molar-refractivity contribution in [2.24, 2.45) is 0 Å². The zero-order valence-electron chi connectivity index (χ0n) is 20.7. The van der Waals surface area contributed by atoms with Gasteiger partial charge in [0.05, 0.1) is 18.1 Å². The number of rotatable bonds is 6. The summed E-state index contributed by atoms with van der Waals surface area (Å²) in [6, 6.07) is 13.2. The first-order valence-electron chi connectivity index (χ1n) is 12.1. The van der Waals surface area contributed by atoms with Crippen molar-refractivity contribution in [2.45, 2.75) is 26.2 Å². The van der Waals surface area contributed by atoms with Crippen molar-refractivity contribution in [3.05, 3.63) is 58.1 Å². The summed E-state index contributed by atoms with van der Waals surface area (Å²) >= 11 is 0. The summed E-state index contributed by atoms with van der Waals surface area (Å²) in [6.07, 6.45) is 0. The first kappa shape index (κ1) is 24.8. The second-order valence-electron chi connectivity index (χ2n) is 9.96. The van der Waals surface area contributed by atoms with Gasteiger partial charge in [-0.15, -0.1) is 0 Å². The predicted octanol–water partition coefficient (Wildman–Crippen LogP) is 3.46. The number of amides is 1. The highest BCUT2D eigenvalue weighted by molar-refractivity contribution is 5.78. The third-order valence-electron chi connectivity index (χ3n) is 6.59. The maximum atomic E-state index is 12.7. The summed E-state index contributed by atoms with van der Waals surface area (Å²) in [5, 5.41) is 11.6. The van der Waals surface area contributed by atoms with E-state index in [0.29, 0.717) is 63.9 Å². The molecule has 0 unspecified atom stereocenters. The number of piperazine rings is 1. The van der Waals surface area contributed by atoms with Crippen LogP contribution in [-0.4, -0.2) is 74.8 Å². The summed E-state index contributed by atoms with van der Waals surface area (Å²) in [6.45, 7) is 11.3. The minimum absolute atomic E-state index is 0.00752. The minimum Gasteiger partial charge on any atom is -0.484 e. The van der Waals surface area contributed by atoms with Gasteiger partial charge >= 0.3 is 0 Å². The van der Waals surface area contributed by atoms with E-state index in [1.807, 2.05) is 40.1 Å². The van der Waals surface area contributed by atoms with E-state index in [-0.39, 0.29) is 28.5 Å². The second kappa shape index (κ2) is 10.5. The van der Waals surface area contributed by atoms with Gasteiger partial charge in [0.2, 0.25) is 0 Å². The molecule has 2 fully saturated rings. The van der Waals surface area contributed by atoms with Crippen LogP contribution in [0.15, 0.2) is 42.5 Å². The van der Waals surface area contributed by atoms with Crippen molar-refractivity contribution in [3.8, 4) is 5.75 Å². The standard InChI is InChI=1S/C26H34N4O5/c1-26(2,3)20-4-7-22(8-5-20)35-19-25(31)29-12-10-27(11-13-29)21-6-9-23(30(32)33)24(18-21)28-14-16-34-17-15-28/h4-9,18H,10-17,19H2,1-3H3. The van der Waals surface area contributed by atoms with Crippen LogP contribution < -0.4 is 14.5 Å². The number of carbonyl (C=O) groups excluding carboxylic acids is 1. The van der Waals surface area contributed by atoms with Crippen LogP contribution >= 0.6 is 0 Å². The number of hydrogen-bond donors (Lipinski definition) is 0. The average Bonchev–Trinajstić information content (AvgIpc) is 2.87. The molecule has 1 amide bonds. The van der Waals surface area contributed by atoms with Gasteiger partial charge in [-0.1, -0.05) is 32.9 Å². The van der Waals surface area contributed by atoms with E-state index in [0.717, 1.165) is 5.69 Å². The van der Waals surface area contributed by atoms with Crippen LogP contribution in [-0.2, 0) is 14.9 Å². The molecule has 2 aromatic carbocycles. The lowest BCUT2D eigenvalue weighted by atomic mass is 9.87. The van der Waals surface area contributed by atoms with E-state index in [1.54, 1.807) is 12.1 Å². The fraction of sp³-hybridized carbons (Fsp3) is 0.500. The average molecular weight is 483 g/mol. The van der Waals surface area contributed by atoms with Gasteiger partial charge in [-0.2, -0.15) is 0 Å². The lowest BCUT2D eigenvalue weighted by Crippen LogP contribution is -2.50. The normalized spacial score (nSPS) is 16.8. The Morgan fingerprint density at radius 2 is 1.63 bits per heavy atom. The van der Waals surface area contributed by atoms with Crippen molar-refractivity contribution in [1.82, 2.24) is 4.90 Å². The molecular formula is C26H34N4O5. The fourth-order valence-corrected chi connectivity index (χ4v) is 4.42. The highest BCUT2D eigenvalue weighted by Gasteiger charge is 2.26. The number of anilines is 2. The largest absolute Gasteiger partial charge is 0.484 e. The smallest absolute Gasteiger partial charge is 0.292 e. The van der Waals surface area contributed by atoms with Gasteiger partial charge in [-0.25, -0.2) is 0 Å². The topological polar surface area (TPSA) is 88.4 Å². The number of carbonyl (C=O) groups is 1. The van der Waals surface area contributed by atoms with E-state index in [9.17, 15) is 14.9 Å². The van der Waals surface area contributed by atoms with Crippen molar-refractivity contribution in [3.63, 3.8) is 0 Å². The number of nitro groups is 1. The molecule has 35 heavy (non-hydrogen) atoms. The molecule has 188 valence electrons. The molecule has 0 bridgehead atoms. The van der Waals surface area contributed by atoms with Gasteiger partial charge in [0, 0.05) is 51.0 Å². The lowest BCUT2D eigenvalue weighted by Gasteiger charge is -2.36. The number of nitro benzene ring substituents is 1. The first-order valence-corrected chi connectivity index (χ1v) is 12.1. The summed E-state index contributed by atoms with van der Waals surface area (Å²) in [4.78, 5) is 29.9. The molecule has 0 N–H and O–H groups in total. The molecule has 9 heteroatoms. The molecule has 0 aliphatic carbocycles. The Morgan fingerprint density at radius 3 is 2.23 bits per heavy atom. The number of hydrogen-bond acceptors (Lipinski definition) is 7. The van der Waals surface area contributed by atoms with E-state index in [4.69, 9.17) is 9.47 Å². The Labute approximate surface area is 206 Å². The van der Waals surface area contributed by atoms with E-state index >= 15 is 0 Å². The summed E-state index contributed by atoms with van der Waals surface area (Å²) < 4.78 is 11.1. The summed E-state index contributed by atoms with van der Waals surface area (Å²) in [5.74, 6) is 0.647. The Bertz CT molecular complexity index is 1040. The van der Waals surface area contributed by atoms with Crippen molar-refractivity contribution in [2.75, 3.05) is 68.9 Å². The zero-order chi connectivity index (χ0) is 25.0. The molecule has 2 aromatic rings. The summed E-state index contributed by atoms with van der Waals surface area (Å²) in [7, 11) is 0. The Hall–Kier alpha value is -3.33. The highest BCUT2D eigenvalue weighted by atomic mass is 16.6. The molecule has 0 atom stereocenters. The van der Waals surface area contributed by atoms with Crippen LogP contribution in [0.2, 0.25) is 0 Å². The van der Waals surface area contributed by atoms with Crippen LogP contribution in [0, 0.1) is 10.1 Å². The molecule has 0 saturated carbocycles. The Balaban J connectivity index is 1.33. The molecular weight excluding hydrogens is 448 g/mol. The molecule has 0 spiro atoms. The van der Waals surface area contributed by atoms with E-state index in [2.05, 4.69) is 25.7 Å². The van der Waals surface area contributed by atoms with Gasteiger partial charge in [-0.3, -0.25) is 14.9 Å². The van der Waals surface area contributed by atoms with Crippen molar-refractivity contribution in [1.29, 1.82) is 0 Å². The SMILES string of the molecule is CC(C)(C)c1ccc(OCC(=O)N2CCN(c3ccc([N+](=O)[O-])c(N4CCOCC4)c3)CC2)cc1. The molecule has 2 aliphatic rings. The Kier molecular flexibility index (Phi) is 7.45. The third kappa shape index (κ3) is 6.03. The molecule has 0 radical (unpaired) electrons. The minimum atomic E-state index is -0.332. The molecule has 2 heterocycles. The zero-order valence-corrected chi connectivity index (χ0v) is 20.7. The van der Waals surface area contributed by atoms with Crippen LogP contribution in [0.5, 0.6) is 5.75 Å². The van der Waals surface area contributed by atoms with Gasteiger partial charge in [0.1, 0.15) is 11.4 Å². The monoisotopic (exact) mass is 482 g/mol. The van der Waals surface area contributed by atoms with Crippen LogP contribution in [0.25, 0.3) is 0 Å². The van der Waals surface area contributed by atoms with Gasteiger partial charge in [0.25, 0.3) is 11.6 Å². The molecule has 2 saturated heterocycles. The maximum absolute atomic E-state index is 12.7. The van der Waals surface area contributed by atoms with Crippen molar-refractivity contribution < 1.29 is 19.2 Å².